The molecule has 1 fully saturated rings. The number of nitrogens with zero attached hydrogens (tertiary/aromatic N) is 2. The normalized spacial score (nSPS) is 17.2. The van der Waals surface area contributed by atoms with Gasteiger partial charge in [0.1, 0.15) is 17.1 Å². The Labute approximate surface area is 238 Å². The zero-order chi connectivity index (χ0) is 28.2. The van der Waals surface area contributed by atoms with E-state index < -0.39 is 21.1 Å². The van der Waals surface area contributed by atoms with Crippen molar-refractivity contribution in [2.75, 3.05) is 25.1 Å². The molecule has 0 radical (unpaired) electrons. The van der Waals surface area contributed by atoms with E-state index >= 15 is 0 Å². The van der Waals surface area contributed by atoms with Gasteiger partial charge in [0.15, 0.2) is 9.84 Å². The molecule has 10 heteroatoms. The van der Waals surface area contributed by atoms with Crippen LogP contribution >= 0.6 is 22.9 Å². The van der Waals surface area contributed by atoms with Crippen molar-refractivity contribution in [3.8, 4) is 0 Å². The summed E-state index contributed by atoms with van der Waals surface area (Å²) in [4.78, 5) is 43.7. The molecule has 0 bridgehead atoms. The Bertz CT molecular complexity index is 1490. The molecule has 4 rings (SSSR count). The average molecular weight is 589 g/mol. The van der Waals surface area contributed by atoms with Crippen molar-refractivity contribution in [3.05, 3.63) is 70.1 Å². The number of ketones is 1. The fraction of sp³-hybridized carbons (Fsp3) is 0.414. The number of thiophene rings is 1. The Balaban J connectivity index is 1.59. The predicted molar refractivity (Wildman–Crippen MR) is 156 cm³/mol. The second kappa shape index (κ2) is 12.2. The quantitative estimate of drug-likeness (QED) is 0.284. The molecule has 1 saturated heterocycles. The van der Waals surface area contributed by atoms with Crippen LogP contribution in [0, 0.1) is 0 Å². The zero-order valence-electron chi connectivity index (χ0n) is 22.2. The van der Waals surface area contributed by atoms with Crippen molar-refractivity contribution in [1.29, 1.82) is 0 Å². The molecule has 1 aromatic heterocycles. The molecular formula is C29H33ClN2O5S2. The topological polar surface area (TPSA) is 91.8 Å². The standard InChI is InChI=1S/C29H33ClN2O5S2/c1-3-13-29(14-16-32(29)27(34)25-19-38-26-12-5-4-11-24(25)26)28(35)31(18-21-8-6-9-22(30)17-21)15-7-10-23(33)20-39(2,36)37/h4-6,8-9,11-12,17,19H,3,7,10,13-16,18,20H2,1-2H3. The molecule has 0 spiro atoms. The van der Waals surface area contributed by atoms with Crippen LogP contribution in [0.5, 0.6) is 0 Å². The number of rotatable bonds is 12. The lowest BCUT2D eigenvalue weighted by Gasteiger charge is -2.53. The minimum atomic E-state index is -3.41. The molecule has 0 aliphatic carbocycles. The molecule has 1 atom stereocenters. The van der Waals surface area contributed by atoms with E-state index in [0.717, 1.165) is 28.3 Å². The van der Waals surface area contributed by atoms with E-state index in [-0.39, 0.29) is 37.1 Å². The summed E-state index contributed by atoms with van der Waals surface area (Å²) in [5, 5.41) is 3.30. The van der Waals surface area contributed by atoms with Crippen LogP contribution in [0.25, 0.3) is 10.1 Å². The number of hydrogen-bond donors (Lipinski definition) is 0. The van der Waals surface area contributed by atoms with Crippen LogP contribution in [-0.2, 0) is 26.0 Å². The number of hydrogen-bond acceptors (Lipinski definition) is 6. The molecule has 7 nitrogen and oxygen atoms in total. The van der Waals surface area contributed by atoms with E-state index in [2.05, 4.69) is 0 Å². The summed E-state index contributed by atoms with van der Waals surface area (Å²) in [6, 6.07) is 15.0. The van der Waals surface area contributed by atoms with E-state index in [0.29, 0.717) is 36.4 Å². The Hall–Kier alpha value is -2.75. The van der Waals surface area contributed by atoms with Gasteiger partial charge in [-0.3, -0.25) is 14.4 Å². The van der Waals surface area contributed by atoms with Gasteiger partial charge in [0.25, 0.3) is 5.91 Å². The molecule has 39 heavy (non-hydrogen) atoms. The fourth-order valence-electron chi connectivity index (χ4n) is 5.32. The Kier molecular flexibility index (Phi) is 9.14. The van der Waals surface area contributed by atoms with Gasteiger partial charge >= 0.3 is 0 Å². The van der Waals surface area contributed by atoms with Crippen LogP contribution in [0.4, 0.5) is 0 Å². The van der Waals surface area contributed by atoms with Crippen molar-refractivity contribution < 1.29 is 22.8 Å². The number of benzene rings is 2. The van der Waals surface area contributed by atoms with E-state index in [1.54, 1.807) is 21.9 Å². The van der Waals surface area contributed by atoms with Gasteiger partial charge in [-0.15, -0.1) is 11.3 Å². The molecule has 2 aromatic carbocycles. The molecule has 1 aliphatic heterocycles. The lowest BCUT2D eigenvalue weighted by molar-refractivity contribution is -0.152. The molecular weight excluding hydrogens is 556 g/mol. The first-order valence-corrected chi connectivity index (χ1v) is 16.4. The first-order chi connectivity index (χ1) is 18.5. The highest BCUT2D eigenvalue weighted by molar-refractivity contribution is 7.91. The maximum Gasteiger partial charge on any atom is 0.256 e. The van der Waals surface area contributed by atoms with Crippen LogP contribution in [0.1, 0.15) is 54.9 Å². The van der Waals surface area contributed by atoms with Gasteiger partial charge in [-0.1, -0.05) is 55.3 Å². The molecule has 208 valence electrons. The number of carbonyl (C=O) groups excluding carboxylic acids is 3. The summed E-state index contributed by atoms with van der Waals surface area (Å²) in [5.74, 6) is -1.18. The highest BCUT2D eigenvalue weighted by atomic mass is 35.5. The van der Waals surface area contributed by atoms with Crippen molar-refractivity contribution in [3.63, 3.8) is 0 Å². The second-order valence-electron chi connectivity index (χ2n) is 10.2. The van der Waals surface area contributed by atoms with Crippen LogP contribution in [-0.4, -0.2) is 66.5 Å². The Morgan fingerprint density at radius 1 is 1.13 bits per heavy atom. The van der Waals surface area contributed by atoms with Crippen molar-refractivity contribution in [2.45, 2.75) is 51.1 Å². The summed E-state index contributed by atoms with van der Waals surface area (Å²) in [6.07, 6.45) is 3.22. The second-order valence-corrected chi connectivity index (χ2v) is 13.7. The highest BCUT2D eigenvalue weighted by Crippen LogP contribution is 2.40. The zero-order valence-corrected chi connectivity index (χ0v) is 24.6. The number of likely N-dealkylation sites (tertiary alicyclic amines) is 1. The average Bonchev–Trinajstić information content (AvgIpc) is 3.29. The maximum absolute atomic E-state index is 14.3. The van der Waals surface area contributed by atoms with Crippen LogP contribution < -0.4 is 0 Å². The number of halogens is 1. The summed E-state index contributed by atoms with van der Waals surface area (Å²) in [6.45, 7) is 3.03. The number of fused-ring (bicyclic) bond motifs is 1. The Morgan fingerprint density at radius 2 is 1.90 bits per heavy atom. The molecule has 0 N–H and O–H groups in total. The Morgan fingerprint density at radius 3 is 2.56 bits per heavy atom. The predicted octanol–water partition coefficient (Wildman–Crippen LogP) is 5.36. The molecule has 3 aromatic rings. The molecule has 1 aliphatic rings. The molecule has 1 unspecified atom stereocenters. The molecule has 2 heterocycles. The summed E-state index contributed by atoms with van der Waals surface area (Å²) < 4.78 is 24.1. The summed E-state index contributed by atoms with van der Waals surface area (Å²) >= 11 is 7.72. The van der Waals surface area contributed by atoms with Crippen LogP contribution in [0.3, 0.4) is 0 Å². The number of amides is 2. The minimum Gasteiger partial charge on any atom is -0.336 e. The minimum absolute atomic E-state index is 0.0523. The summed E-state index contributed by atoms with van der Waals surface area (Å²) in [7, 11) is -3.41. The van der Waals surface area contributed by atoms with E-state index in [4.69, 9.17) is 11.6 Å². The van der Waals surface area contributed by atoms with Crippen molar-refractivity contribution in [1.82, 2.24) is 9.80 Å². The molecule has 2 amide bonds. The van der Waals surface area contributed by atoms with Gasteiger partial charge in [0.05, 0.1) is 5.56 Å². The van der Waals surface area contributed by atoms with Gasteiger partial charge in [0, 0.05) is 52.8 Å². The number of carbonyl (C=O) groups is 3. The summed E-state index contributed by atoms with van der Waals surface area (Å²) in [5.41, 5.74) is 0.479. The first kappa shape index (κ1) is 29.2. The van der Waals surface area contributed by atoms with Crippen LogP contribution in [0.2, 0.25) is 5.02 Å². The lowest BCUT2D eigenvalue weighted by Crippen LogP contribution is -2.69. The third-order valence-corrected chi connectivity index (χ3v) is 9.19. The third kappa shape index (κ3) is 6.70. The highest BCUT2D eigenvalue weighted by Gasteiger charge is 2.54. The number of sulfone groups is 1. The largest absolute Gasteiger partial charge is 0.336 e. The monoisotopic (exact) mass is 588 g/mol. The first-order valence-electron chi connectivity index (χ1n) is 13.1. The SMILES string of the molecule is CCCC1(C(=O)N(CCCC(=O)CS(C)(=O)=O)Cc2cccc(Cl)c2)CCN1C(=O)c1csc2ccccc12. The van der Waals surface area contributed by atoms with Crippen LogP contribution in [0.15, 0.2) is 53.9 Å². The van der Waals surface area contributed by atoms with Gasteiger partial charge in [0.2, 0.25) is 5.91 Å². The fourth-order valence-corrected chi connectivity index (χ4v) is 7.19. The maximum atomic E-state index is 14.3. The number of Topliss-reactive ketones (excluding diaryl/α,β-unsaturated/α-hetero) is 1. The third-order valence-electron chi connectivity index (χ3n) is 7.14. The van der Waals surface area contributed by atoms with E-state index in [9.17, 15) is 22.8 Å². The van der Waals surface area contributed by atoms with E-state index in [1.165, 1.54) is 11.3 Å². The van der Waals surface area contributed by atoms with Gasteiger partial charge in [-0.2, -0.15) is 0 Å². The van der Waals surface area contributed by atoms with Gasteiger partial charge < -0.3 is 9.80 Å². The van der Waals surface area contributed by atoms with Gasteiger partial charge in [-0.25, -0.2) is 8.42 Å². The van der Waals surface area contributed by atoms with Crippen molar-refractivity contribution in [2.24, 2.45) is 0 Å². The lowest BCUT2D eigenvalue weighted by atomic mass is 9.78. The molecule has 0 saturated carbocycles. The van der Waals surface area contributed by atoms with Crippen molar-refractivity contribution >= 4 is 60.5 Å². The van der Waals surface area contributed by atoms with E-state index in [1.807, 2.05) is 48.7 Å². The smallest absolute Gasteiger partial charge is 0.256 e. The van der Waals surface area contributed by atoms with Gasteiger partial charge in [-0.05, 0) is 43.0 Å².